The van der Waals surface area contributed by atoms with E-state index >= 15 is 0 Å². The van der Waals surface area contributed by atoms with Gasteiger partial charge >= 0.3 is 0 Å². The molecule has 0 atom stereocenters. The molecule has 1 aromatic heterocycles. The van der Waals surface area contributed by atoms with Crippen molar-refractivity contribution in [3.63, 3.8) is 0 Å². The predicted octanol–water partition coefficient (Wildman–Crippen LogP) is 0.159. The SMILES string of the molecule is CCC(CC)(CN)N(C)Cc1nnn(C)n1. The molecule has 92 valence electrons. The van der Waals surface area contributed by atoms with Gasteiger partial charge in [0.2, 0.25) is 0 Å². The molecule has 0 fully saturated rings. The molecule has 1 aromatic rings. The quantitative estimate of drug-likeness (QED) is 0.748. The molecule has 6 heteroatoms. The van der Waals surface area contributed by atoms with Crippen molar-refractivity contribution in [2.75, 3.05) is 13.6 Å². The minimum absolute atomic E-state index is 0.0409. The Labute approximate surface area is 96.8 Å². The summed E-state index contributed by atoms with van der Waals surface area (Å²) in [6.07, 6.45) is 2.05. The molecule has 0 radical (unpaired) electrons. The molecule has 0 unspecified atom stereocenters. The van der Waals surface area contributed by atoms with Crippen LogP contribution in [0.1, 0.15) is 32.5 Å². The van der Waals surface area contributed by atoms with Crippen LogP contribution in [0.4, 0.5) is 0 Å². The maximum Gasteiger partial charge on any atom is 0.188 e. The maximum absolute atomic E-state index is 5.89. The van der Waals surface area contributed by atoms with Crippen molar-refractivity contribution < 1.29 is 0 Å². The van der Waals surface area contributed by atoms with Gasteiger partial charge in [-0.2, -0.15) is 4.80 Å². The summed E-state index contributed by atoms with van der Waals surface area (Å²) in [5.41, 5.74) is 5.93. The zero-order valence-corrected chi connectivity index (χ0v) is 10.6. The molecule has 0 spiro atoms. The van der Waals surface area contributed by atoms with Crippen LogP contribution in [-0.4, -0.2) is 44.2 Å². The van der Waals surface area contributed by atoms with Gasteiger partial charge in [-0.05, 0) is 25.1 Å². The molecule has 0 saturated heterocycles. The Morgan fingerprint density at radius 3 is 2.38 bits per heavy atom. The number of hydrogen-bond donors (Lipinski definition) is 1. The minimum atomic E-state index is 0.0409. The van der Waals surface area contributed by atoms with E-state index in [0.717, 1.165) is 18.7 Å². The van der Waals surface area contributed by atoms with Crippen LogP contribution < -0.4 is 5.73 Å². The molecule has 0 amide bonds. The van der Waals surface area contributed by atoms with Crippen molar-refractivity contribution in [3.8, 4) is 0 Å². The molecule has 0 aliphatic heterocycles. The lowest BCUT2D eigenvalue weighted by Crippen LogP contribution is -2.50. The van der Waals surface area contributed by atoms with Crippen molar-refractivity contribution in [2.45, 2.75) is 38.8 Å². The summed E-state index contributed by atoms with van der Waals surface area (Å²) in [7, 11) is 3.84. The monoisotopic (exact) mass is 226 g/mol. The third-order valence-corrected chi connectivity index (χ3v) is 3.43. The van der Waals surface area contributed by atoms with Crippen molar-refractivity contribution in [1.29, 1.82) is 0 Å². The molecule has 2 N–H and O–H groups in total. The highest BCUT2D eigenvalue weighted by atomic mass is 15.6. The molecule has 0 aliphatic rings. The van der Waals surface area contributed by atoms with Crippen molar-refractivity contribution >= 4 is 0 Å². The molecule has 0 bridgehead atoms. The first kappa shape index (κ1) is 13.1. The van der Waals surface area contributed by atoms with Gasteiger partial charge in [-0.15, -0.1) is 10.2 Å². The molecule has 1 rings (SSSR count). The van der Waals surface area contributed by atoms with Gasteiger partial charge in [-0.3, -0.25) is 4.90 Å². The number of aryl methyl sites for hydroxylation is 1. The van der Waals surface area contributed by atoms with Gasteiger partial charge < -0.3 is 5.73 Å². The van der Waals surface area contributed by atoms with Gasteiger partial charge in [0.15, 0.2) is 5.82 Å². The van der Waals surface area contributed by atoms with Crippen LogP contribution in [0, 0.1) is 0 Å². The fourth-order valence-electron chi connectivity index (χ4n) is 2.00. The topological polar surface area (TPSA) is 72.9 Å². The van der Waals surface area contributed by atoms with Gasteiger partial charge in [0.25, 0.3) is 0 Å². The number of aromatic nitrogens is 4. The standard InChI is InChI=1S/C10H22N6/c1-5-10(6-2,8-11)15(3)7-9-12-14-16(4)13-9/h5-8,11H2,1-4H3. The van der Waals surface area contributed by atoms with E-state index < -0.39 is 0 Å². The lowest BCUT2D eigenvalue weighted by molar-refractivity contribution is 0.105. The van der Waals surface area contributed by atoms with Crippen LogP contribution >= 0.6 is 0 Å². The lowest BCUT2D eigenvalue weighted by Gasteiger charge is -2.39. The summed E-state index contributed by atoms with van der Waals surface area (Å²) in [6, 6.07) is 0. The smallest absolute Gasteiger partial charge is 0.188 e. The van der Waals surface area contributed by atoms with Crippen LogP contribution in [0.15, 0.2) is 0 Å². The third-order valence-electron chi connectivity index (χ3n) is 3.43. The van der Waals surface area contributed by atoms with Crippen LogP contribution in [0.2, 0.25) is 0 Å². The number of likely N-dealkylation sites (N-methyl/N-ethyl adjacent to an activating group) is 1. The number of tetrazole rings is 1. The molecular weight excluding hydrogens is 204 g/mol. The Morgan fingerprint density at radius 1 is 1.38 bits per heavy atom. The fourth-order valence-corrected chi connectivity index (χ4v) is 2.00. The first-order valence-corrected chi connectivity index (χ1v) is 5.72. The number of nitrogens with zero attached hydrogens (tertiary/aromatic N) is 5. The number of hydrogen-bond acceptors (Lipinski definition) is 5. The summed E-state index contributed by atoms with van der Waals surface area (Å²) >= 11 is 0. The number of nitrogens with two attached hydrogens (primary N) is 1. The molecular formula is C10H22N6. The van der Waals surface area contributed by atoms with Crippen molar-refractivity contribution in [2.24, 2.45) is 12.8 Å². The summed E-state index contributed by atoms with van der Waals surface area (Å²) in [4.78, 5) is 3.70. The van der Waals surface area contributed by atoms with Gasteiger partial charge in [0, 0.05) is 12.1 Å². The minimum Gasteiger partial charge on any atom is -0.329 e. The van der Waals surface area contributed by atoms with E-state index in [1.807, 2.05) is 0 Å². The lowest BCUT2D eigenvalue weighted by atomic mass is 9.91. The average Bonchev–Trinajstić information content (AvgIpc) is 2.67. The summed E-state index contributed by atoms with van der Waals surface area (Å²) in [6.45, 7) is 5.66. The van der Waals surface area contributed by atoms with Crippen molar-refractivity contribution in [3.05, 3.63) is 5.82 Å². The summed E-state index contributed by atoms with van der Waals surface area (Å²) < 4.78 is 0. The summed E-state index contributed by atoms with van der Waals surface area (Å²) in [5, 5.41) is 12.0. The highest BCUT2D eigenvalue weighted by Crippen LogP contribution is 2.22. The summed E-state index contributed by atoms with van der Waals surface area (Å²) in [5.74, 6) is 0.740. The van der Waals surface area contributed by atoms with Gasteiger partial charge in [-0.1, -0.05) is 13.8 Å². The second-order valence-electron chi connectivity index (χ2n) is 4.19. The first-order chi connectivity index (χ1) is 7.57. The molecule has 0 aromatic carbocycles. The van der Waals surface area contributed by atoms with Gasteiger partial charge in [0.1, 0.15) is 0 Å². The zero-order valence-electron chi connectivity index (χ0n) is 10.6. The van der Waals surface area contributed by atoms with E-state index in [2.05, 4.69) is 41.2 Å². The molecule has 0 saturated carbocycles. The van der Waals surface area contributed by atoms with E-state index in [1.54, 1.807) is 7.05 Å². The normalized spacial score (nSPS) is 12.4. The second-order valence-corrected chi connectivity index (χ2v) is 4.19. The number of rotatable bonds is 6. The maximum atomic E-state index is 5.89. The van der Waals surface area contributed by atoms with E-state index in [9.17, 15) is 0 Å². The van der Waals surface area contributed by atoms with Crippen molar-refractivity contribution in [1.82, 2.24) is 25.1 Å². The third kappa shape index (κ3) is 2.56. The molecule has 16 heavy (non-hydrogen) atoms. The largest absolute Gasteiger partial charge is 0.329 e. The Bertz CT molecular complexity index is 309. The van der Waals surface area contributed by atoms with Crippen LogP contribution in [-0.2, 0) is 13.6 Å². The Hall–Kier alpha value is -1.01. The second kappa shape index (κ2) is 5.36. The van der Waals surface area contributed by atoms with Gasteiger partial charge in [0.05, 0.1) is 13.6 Å². The molecule has 0 aliphatic carbocycles. The van der Waals surface area contributed by atoms with Crippen LogP contribution in [0.3, 0.4) is 0 Å². The van der Waals surface area contributed by atoms with E-state index in [0.29, 0.717) is 13.1 Å². The highest BCUT2D eigenvalue weighted by molar-refractivity contribution is 4.90. The first-order valence-electron chi connectivity index (χ1n) is 5.72. The Balaban J connectivity index is 2.72. The zero-order chi connectivity index (χ0) is 12.2. The van der Waals surface area contributed by atoms with Gasteiger partial charge in [-0.25, -0.2) is 0 Å². The molecule has 6 nitrogen and oxygen atoms in total. The fraction of sp³-hybridized carbons (Fsp3) is 0.900. The van der Waals surface area contributed by atoms with E-state index in [4.69, 9.17) is 5.73 Å². The Kier molecular flexibility index (Phi) is 4.37. The highest BCUT2D eigenvalue weighted by Gasteiger charge is 2.29. The van der Waals surface area contributed by atoms with E-state index in [-0.39, 0.29) is 5.54 Å². The average molecular weight is 226 g/mol. The Morgan fingerprint density at radius 2 is 2.00 bits per heavy atom. The predicted molar refractivity (Wildman–Crippen MR) is 62.6 cm³/mol. The van der Waals surface area contributed by atoms with E-state index in [1.165, 1.54) is 4.80 Å². The molecule has 1 heterocycles. The van der Waals surface area contributed by atoms with Crippen LogP contribution in [0.5, 0.6) is 0 Å². The van der Waals surface area contributed by atoms with Crippen LogP contribution in [0.25, 0.3) is 0 Å².